The van der Waals surface area contributed by atoms with Crippen molar-refractivity contribution < 1.29 is 14.7 Å². The Morgan fingerprint density at radius 3 is 2.82 bits per heavy atom. The highest BCUT2D eigenvalue weighted by atomic mass is 16.4. The summed E-state index contributed by atoms with van der Waals surface area (Å²) in [6.45, 7) is 1.86. The van der Waals surface area contributed by atoms with E-state index in [-0.39, 0.29) is 0 Å². The summed E-state index contributed by atoms with van der Waals surface area (Å²) in [6.07, 6.45) is 4.15. The molecule has 2 amide bonds. The van der Waals surface area contributed by atoms with E-state index >= 15 is 0 Å². The molecular formula is C11H15N3O3. The van der Waals surface area contributed by atoms with Crippen LogP contribution in [0, 0.1) is 0 Å². The first kappa shape index (κ1) is 13.0. The number of amides is 2. The van der Waals surface area contributed by atoms with E-state index in [0.717, 1.165) is 0 Å². The molecule has 0 spiro atoms. The largest absolute Gasteiger partial charge is 0.480 e. The van der Waals surface area contributed by atoms with Gasteiger partial charge in [0.2, 0.25) is 0 Å². The van der Waals surface area contributed by atoms with Crippen molar-refractivity contribution in [3.63, 3.8) is 0 Å². The Morgan fingerprint density at radius 2 is 2.29 bits per heavy atom. The summed E-state index contributed by atoms with van der Waals surface area (Å²) in [5.74, 6) is -1.03. The van der Waals surface area contributed by atoms with Crippen LogP contribution in [0.5, 0.6) is 0 Å². The van der Waals surface area contributed by atoms with Gasteiger partial charge in [-0.25, -0.2) is 9.59 Å². The van der Waals surface area contributed by atoms with Crippen LogP contribution in [-0.2, 0) is 4.79 Å². The van der Waals surface area contributed by atoms with Crippen molar-refractivity contribution in [1.82, 2.24) is 10.3 Å². The van der Waals surface area contributed by atoms with Crippen LogP contribution in [0.4, 0.5) is 10.5 Å². The molecule has 3 N–H and O–H groups in total. The number of urea groups is 1. The van der Waals surface area contributed by atoms with Crippen molar-refractivity contribution in [2.24, 2.45) is 0 Å². The standard InChI is InChI=1S/C11H15N3O3/c1-2-4-9(10(15)16)14-11(17)13-8-5-3-6-12-7-8/h3,5-7,9H,2,4H2,1H3,(H,15,16)(H2,13,14,17). The lowest BCUT2D eigenvalue weighted by Crippen LogP contribution is -2.42. The molecule has 1 heterocycles. The number of carbonyl (C=O) groups is 2. The third kappa shape index (κ3) is 4.50. The molecule has 1 atom stereocenters. The summed E-state index contributed by atoms with van der Waals surface area (Å²) >= 11 is 0. The molecule has 6 heteroatoms. The number of anilines is 1. The second-order valence-corrected chi connectivity index (χ2v) is 3.52. The summed E-state index contributed by atoms with van der Waals surface area (Å²) in [4.78, 5) is 26.1. The smallest absolute Gasteiger partial charge is 0.326 e. The molecule has 0 aromatic carbocycles. The first-order valence-electron chi connectivity index (χ1n) is 5.33. The zero-order valence-electron chi connectivity index (χ0n) is 9.51. The van der Waals surface area contributed by atoms with E-state index in [1.54, 1.807) is 18.3 Å². The summed E-state index contributed by atoms with van der Waals surface area (Å²) in [5.41, 5.74) is 0.519. The third-order valence-corrected chi connectivity index (χ3v) is 2.10. The molecule has 17 heavy (non-hydrogen) atoms. The van der Waals surface area contributed by atoms with Crippen molar-refractivity contribution in [1.29, 1.82) is 0 Å². The number of aliphatic carboxylic acids is 1. The minimum atomic E-state index is -1.03. The van der Waals surface area contributed by atoms with Crippen molar-refractivity contribution in [2.45, 2.75) is 25.8 Å². The van der Waals surface area contributed by atoms with E-state index in [1.165, 1.54) is 6.20 Å². The number of carbonyl (C=O) groups excluding carboxylic acids is 1. The van der Waals surface area contributed by atoms with Gasteiger partial charge in [-0.1, -0.05) is 13.3 Å². The van der Waals surface area contributed by atoms with Gasteiger partial charge in [0, 0.05) is 6.20 Å². The molecular weight excluding hydrogens is 222 g/mol. The molecule has 0 radical (unpaired) electrons. The summed E-state index contributed by atoms with van der Waals surface area (Å²) in [6, 6.07) is 1.94. The van der Waals surface area contributed by atoms with Crippen LogP contribution in [-0.4, -0.2) is 28.1 Å². The van der Waals surface area contributed by atoms with Gasteiger partial charge in [-0.3, -0.25) is 4.98 Å². The number of hydrogen-bond donors (Lipinski definition) is 3. The number of carboxylic acids is 1. The topological polar surface area (TPSA) is 91.3 Å². The minimum absolute atomic E-state index is 0.399. The van der Waals surface area contributed by atoms with Crippen LogP contribution in [0.3, 0.4) is 0 Å². The van der Waals surface area contributed by atoms with Crippen LogP contribution in [0.25, 0.3) is 0 Å². The lowest BCUT2D eigenvalue weighted by atomic mass is 10.2. The molecule has 1 rings (SSSR count). The first-order chi connectivity index (χ1) is 8.13. The van der Waals surface area contributed by atoms with E-state index in [9.17, 15) is 9.59 Å². The number of aromatic nitrogens is 1. The number of hydrogen-bond acceptors (Lipinski definition) is 3. The van der Waals surface area contributed by atoms with E-state index in [0.29, 0.717) is 18.5 Å². The number of nitrogens with one attached hydrogen (secondary N) is 2. The Morgan fingerprint density at radius 1 is 1.53 bits per heavy atom. The van der Waals surface area contributed by atoms with Crippen LogP contribution < -0.4 is 10.6 Å². The minimum Gasteiger partial charge on any atom is -0.480 e. The van der Waals surface area contributed by atoms with Crippen LogP contribution >= 0.6 is 0 Å². The Bertz CT molecular complexity index is 381. The maximum Gasteiger partial charge on any atom is 0.326 e. The fourth-order valence-corrected chi connectivity index (χ4v) is 1.31. The predicted molar refractivity (Wildman–Crippen MR) is 62.7 cm³/mol. The maximum atomic E-state index is 11.5. The molecule has 0 aliphatic rings. The molecule has 0 saturated heterocycles. The molecule has 1 unspecified atom stereocenters. The normalized spacial score (nSPS) is 11.6. The Kier molecular flexibility index (Phi) is 4.93. The number of pyridine rings is 1. The van der Waals surface area contributed by atoms with E-state index in [4.69, 9.17) is 5.11 Å². The van der Waals surface area contributed by atoms with E-state index in [2.05, 4.69) is 15.6 Å². The zero-order valence-corrected chi connectivity index (χ0v) is 9.51. The third-order valence-electron chi connectivity index (χ3n) is 2.10. The molecule has 6 nitrogen and oxygen atoms in total. The second kappa shape index (κ2) is 6.47. The van der Waals surface area contributed by atoms with Crippen molar-refractivity contribution in [2.75, 3.05) is 5.32 Å². The Hall–Kier alpha value is -2.11. The molecule has 1 aromatic heterocycles. The van der Waals surface area contributed by atoms with Gasteiger partial charge in [0.15, 0.2) is 0 Å². The SMILES string of the molecule is CCCC(NC(=O)Nc1cccnc1)C(=O)O. The van der Waals surface area contributed by atoms with Crippen LogP contribution in [0.15, 0.2) is 24.5 Å². The lowest BCUT2D eigenvalue weighted by Gasteiger charge is -2.13. The highest BCUT2D eigenvalue weighted by molar-refractivity contribution is 5.92. The first-order valence-corrected chi connectivity index (χ1v) is 5.33. The van der Waals surface area contributed by atoms with E-state index < -0.39 is 18.0 Å². The van der Waals surface area contributed by atoms with Crippen LogP contribution in [0.1, 0.15) is 19.8 Å². The van der Waals surface area contributed by atoms with Gasteiger partial charge in [-0.2, -0.15) is 0 Å². The van der Waals surface area contributed by atoms with E-state index in [1.807, 2.05) is 6.92 Å². The average Bonchev–Trinajstić information content (AvgIpc) is 2.29. The molecule has 0 saturated carbocycles. The van der Waals surface area contributed by atoms with Crippen molar-refractivity contribution >= 4 is 17.7 Å². The second-order valence-electron chi connectivity index (χ2n) is 3.52. The number of carboxylic acid groups (broad SMARTS) is 1. The zero-order chi connectivity index (χ0) is 12.7. The Labute approximate surface area is 99.1 Å². The number of nitrogens with zero attached hydrogens (tertiary/aromatic N) is 1. The van der Waals surface area contributed by atoms with Crippen molar-refractivity contribution in [3.8, 4) is 0 Å². The highest BCUT2D eigenvalue weighted by Gasteiger charge is 2.18. The Balaban J connectivity index is 2.51. The van der Waals surface area contributed by atoms with Gasteiger partial charge in [0.05, 0.1) is 11.9 Å². The lowest BCUT2D eigenvalue weighted by molar-refractivity contribution is -0.139. The molecule has 0 aliphatic heterocycles. The molecule has 0 fully saturated rings. The molecule has 92 valence electrons. The quantitative estimate of drug-likeness (QED) is 0.722. The molecule has 0 aliphatic carbocycles. The van der Waals surface area contributed by atoms with Gasteiger partial charge in [-0.15, -0.1) is 0 Å². The fraction of sp³-hybridized carbons (Fsp3) is 0.364. The summed E-state index contributed by atoms with van der Waals surface area (Å²) in [5, 5.41) is 13.8. The van der Waals surface area contributed by atoms with Gasteiger partial charge < -0.3 is 15.7 Å². The van der Waals surface area contributed by atoms with Crippen molar-refractivity contribution in [3.05, 3.63) is 24.5 Å². The van der Waals surface area contributed by atoms with Gasteiger partial charge >= 0.3 is 12.0 Å². The van der Waals surface area contributed by atoms with Crippen LogP contribution in [0.2, 0.25) is 0 Å². The maximum absolute atomic E-state index is 11.5. The number of rotatable bonds is 5. The summed E-state index contributed by atoms with van der Waals surface area (Å²) < 4.78 is 0. The van der Waals surface area contributed by atoms with Gasteiger partial charge in [0.25, 0.3) is 0 Å². The summed E-state index contributed by atoms with van der Waals surface area (Å²) in [7, 11) is 0. The fourth-order valence-electron chi connectivity index (χ4n) is 1.31. The molecule has 0 bridgehead atoms. The highest BCUT2D eigenvalue weighted by Crippen LogP contribution is 2.03. The average molecular weight is 237 g/mol. The van der Waals surface area contributed by atoms with Gasteiger partial charge in [0.1, 0.15) is 6.04 Å². The predicted octanol–water partition coefficient (Wildman–Crippen LogP) is 1.46. The van der Waals surface area contributed by atoms with Gasteiger partial charge in [-0.05, 0) is 18.6 Å². The monoisotopic (exact) mass is 237 g/mol. The molecule has 1 aromatic rings.